The average molecular weight is 434 g/mol. The van der Waals surface area contributed by atoms with Gasteiger partial charge in [-0.25, -0.2) is 4.98 Å². The summed E-state index contributed by atoms with van der Waals surface area (Å²) < 4.78 is 1.59. The number of pyridine rings is 1. The largest absolute Gasteiger partial charge is 0.337 e. The van der Waals surface area contributed by atoms with Crippen molar-refractivity contribution in [2.75, 3.05) is 29.9 Å². The number of piperidine rings is 1. The van der Waals surface area contributed by atoms with E-state index in [-0.39, 0.29) is 17.7 Å². The lowest BCUT2D eigenvalue weighted by Crippen LogP contribution is -2.36. The molecular formula is C23H27N7O2. The molecule has 5 rings (SSSR count). The topological polar surface area (TPSA) is 107 Å². The Kier molecular flexibility index (Phi) is 5.08. The van der Waals surface area contributed by atoms with Crippen LogP contribution in [0.15, 0.2) is 24.4 Å². The van der Waals surface area contributed by atoms with E-state index in [0.717, 1.165) is 38.8 Å². The molecule has 0 unspecified atom stereocenters. The fraction of sp³-hybridized carbons (Fsp3) is 0.522. The maximum absolute atomic E-state index is 13.1. The number of aromatic nitrogens is 3. The SMILES string of the molecule is Cn1nc(Nc2cc(N3CC[C@@](C#N)(C4CC4)C3=O)ccn2)cc1C(=O)N1CCCCC1. The third-order valence-electron chi connectivity index (χ3n) is 6.88. The molecule has 3 fully saturated rings. The first-order valence-corrected chi connectivity index (χ1v) is 11.3. The van der Waals surface area contributed by atoms with E-state index in [1.807, 2.05) is 4.90 Å². The minimum atomic E-state index is -0.873. The molecule has 1 aliphatic carbocycles. The Balaban J connectivity index is 1.32. The molecular weight excluding hydrogens is 406 g/mol. The van der Waals surface area contributed by atoms with Crippen molar-refractivity contribution in [3.63, 3.8) is 0 Å². The highest BCUT2D eigenvalue weighted by molar-refractivity contribution is 6.02. The summed E-state index contributed by atoms with van der Waals surface area (Å²) in [5.74, 6) is 1.13. The number of carbonyl (C=O) groups excluding carboxylic acids is 2. The summed E-state index contributed by atoms with van der Waals surface area (Å²) in [6, 6.07) is 7.63. The number of amides is 2. The van der Waals surface area contributed by atoms with Crippen molar-refractivity contribution in [1.29, 1.82) is 5.26 Å². The lowest BCUT2D eigenvalue weighted by atomic mass is 9.83. The van der Waals surface area contributed by atoms with Crippen molar-refractivity contribution >= 4 is 29.1 Å². The quantitative estimate of drug-likeness (QED) is 0.777. The van der Waals surface area contributed by atoms with Gasteiger partial charge in [0.2, 0.25) is 5.91 Å². The Hall–Kier alpha value is -3.41. The first kappa shape index (κ1) is 20.5. The number of aryl methyl sites for hydroxylation is 1. The Morgan fingerprint density at radius 3 is 2.69 bits per heavy atom. The third kappa shape index (κ3) is 3.49. The zero-order valence-corrected chi connectivity index (χ0v) is 18.3. The Morgan fingerprint density at radius 2 is 1.97 bits per heavy atom. The standard InChI is InChI=1S/C23H27N7O2/c1-28-18(21(31)29-10-3-2-4-11-29)14-20(27-28)26-19-13-17(7-9-25-19)30-12-8-23(15-24,22(30)32)16-5-6-16/h7,9,13-14,16H,2-6,8,10-12H2,1H3,(H,25,26,27)/t23-/m1/s1. The van der Waals surface area contributed by atoms with Crippen LogP contribution in [0.3, 0.4) is 0 Å². The van der Waals surface area contributed by atoms with Gasteiger partial charge in [-0.1, -0.05) is 0 Å². The third-order valence-corrected chi connectivity index (χ3v) is 6.88. The molecule has 2 aliphatic heterocycles. The summed E-state index contributed by atoms with van der Waals surface area (Å²) in [7, 11) is 1.76. The molecule has 9 nitrogen and oxygen atoms in total. The molecule has 2 aromatic heterocycles. The fourth-order valence-electron chi connectivity index (χ4n) is 4.91. The number of nitrogens with zero attached hydrogens (tertiary/aromatic N) is 6. The van der Waals surface area contributed by atoms with E-state index < -0.39 is 5.41 Å². The number of nitrogens with one attached hydrogen (secondary N) is 1. The van der Waals surface area contributed by atoms with E-state index in [4.69, 9.17) is 0 Å². The summed E-state index contributed by atoms with van der Waals surface area (Å²) >= 11 is 0. The average Bonchev–Trinajstić information content (AvgIpc) is 3.53. The number of rotatable bonds is 5. The minimum Gasteiger partial charge on any atom is -0.337 e. The fourth-order valence-corrected chi connectivity index (χ4v) is 4.91. The van der Waals surface area contributed by atoms with Crippen LogP contribution < -0.4 is 10.2 Å². The van der Waals surface area contributed by atoms with E-state index in [2.05, 4.69) is 21.5 Å². The highest BCUT2D eigenvalue weighted by Crippen LogP contribution is 2.51. The summed E-state index contributed by atoms with van der Waals surface area (Å²) in [6.45, 7) is 2.10. The van der Waals surface area contributed by atoms with Crippen LogP contribution in [-0.4, -0.2) is 51.1 Å². The molecule has 3 aliphatic rings. The van der Waals surface area contributed by atoms with Crippen molar-refractivity contribution in [3.05, 3.63) is 30.1 Å². The second kappa shape index (κ2) is 7.93. The smallest absolute Gasteiger partial charge is 0.272 e. The van der Waals surface area contributed by atoms with Crippen LogP contribution in [0.4, 0.5) is 17.3 Å². The summed E-state index contributed by atoms with van der Waals surface area (Å²) in [5.41, 5.74) is 0.371. The van der Waals surface area contributed by atoms with Gasteiger partial charge >= 0.3 is 0 Å². The molecule has 0 aromatic carbocycles. The summed E-state index contributed by atoms with van der Waals surface area (Å²) in [5, 5.41) is 17.3. The Morgan fingerprint density at radius 1 is 1.19 bits per heavy atom. The van der Waals surface area contributed by atoms with Gasteiger partial charge in [0.25, 0.3) is 5.91 Å². The van der Waals surface area contributed by atoms with Crippen molar-refractivity contribution in [3.8, 4) is 6.07 Å². The zero-order chi connectivity index (χ0) is 22.3. The molecule has 1 atom stereocenters. The van der Waals surface area contributed by atoms with Gasteiger partial charge in [0.1, 0.15) is 16.9 Å². The zero-order valence-electron chi connectivity index (χ0n) is 18.3. The lowest BCUT2D eigenvalue weighted by Gasteiger charge is -2.26. The predicted molar refractivity (Wildman–Crippen MR) is 118 cm³/mol. The number of hydrogen-bond donors (Lipinski definition) is 1. The van der Waals surface area contributed by atoms with Crippen LogP contribution in [0.2, 0.25) is 0 Å². The number of likely N-dealkylation sites (tertiary alicyclic amines) is 1. The van der Waals surface area contributed by atoms with Gasteiger partial charge in [-0.3, -0.25) is 14.3 Å². The molecule has 0 radical (unpaired) electrons. The van der Waals surface area contributed by atoms with Crippen LogP contribution in [0.5, 0.6) is 0 Å². The highest BCUT2D eigenvalue weighted by Gasteiger charge is 2.56. The lowest BCUT2D eigenvalue weighted by molar-refractivity contribution is -0.123. The maximum atomic E-state index is 13.1. The van der Waals surface area contributed by atoms with E-state index >= 15 is 0 Å². The van der Waals surface area contributed by atoms with Gasteiger partial charge in [0, 0.05) is 50.7 Å². The van der Waals surface area contributed by atoms with Gasteiger partial charge in [-0.15, -0.1) is 0 Å². The number of hydrogen-bond acceptors (Lipinski definition) is 6. The Bertz CT molecular complexity index is 1090. The van der Waals surface area contributed by atoms with Crippen molar-refractivity contribution in [2.45, 2.75) is 38.5 Å². The molecule has 0 bridgehead atoms. The van der Waals surface area contributed by atoms with E-state index in [9.17, 15) is 14.9 Å². The number of nitriles is 1. The van der Waals surface area contributed by atoms with Crippen molar-refractivity contribution < 1.29 is 9.59 Å². The van der Waals surface area contributed by atoms with Gasteiger partial charge in [0.05, 0.1) is 6.07 Å². The molecule has 2 amide bonds. The van der Waals surface area contributed by atoms with Crippen LogP contribution in [-0.2, 0) is 11.8 Å². The molecule has 4 heterocycles. The van der Waals surface area contributed by atoms with Crippen molar-refractivity contribution in [2.24, 2.45) is 18.4 Å². The normalized spacial score (nSPS) is 23.3. The first-order chi connectivity index (χ1) is 15.5. The second-order valence-corrected chi connectivity index (χ2v) is 8.98. The Labute approximate surface area is 187 Å². The first-order valence-electron chi connectivity index (χ1n) is 11.3. The molecule has 1 N–H and O–H groups in total. The van der Waals surface area contributed by atoms with Gasteiger partial charge < -0.3 is 15.1 Å². The van der Waals surface area contributed by atoms with E-state index in [1.54, 1.807) is 41.0 Å². The van der Waals surface area contributed by atoms with Crippen molar-refractivity contribution in [1.82, 2.24) is 19.7 Å². The monoisotopic (exact) mass is 433 g/mol. The summed E-state index contributed by atoms with van der Waals surface area (Å²) in [6.07, 6.45) is 7.35. The molecule has 1 saturated carbocycles. The highest BCUT2D eigenvalue weighted by atomic mass is 16.2. The number of carbonyl (C=O) groups is 2. The van der Waals surface area contributed by atoms with Gasteiger partial charge in [0.15, 0.2) is 5.82 Å². The minimum absolute atomic E-state index is 0.00922. The molecule has 32 heavy (non-hydrogen) atoms. The molecule has 166 valence electrons. The van der Waals surface area contributed by atoms with Gasteiger partial charge in [-0.05, 0) is 50.5 Å². The van der Waals surface area contributed by atoms with Gasteiger partial charge in [-0.2, -0.15) is 10.4 Å². The van der Waals surface area contributed by atoms with Crippen LogP contribution in [0, 0.1) is 22.7 Å². The van der Waals surface area contributed by atoms with Crippen LogP contribution in [0.25, 0.3) is 0 Å². The van der Waals surface area contributed by atoms with E-state index in [1.165, 1.54) is 6.42 Å². The molecule has 2 aromatic rings. The molecule has 2 saturated heterocycles. The van der Waals surface area contributed by atoms with Crippen LogP contribution >= 0.6 is 0 Å². The maximum Gasteiger partial charge on any atom is 0.272 e. The predicted octanol–water partition coefficient (Wildman–Crippen LogP) is 2.84. The molecule has 0 spiro atoms. The van der Waals surface area contributed by atoms with E-state index in [0.29, 0.717) is 36.0 Å². The number of anilines is 3. The summed E-state index contributed by atoms with van der Waals surface area (Å²) in [4.78, 5) is 33.9. The second-order valence-electron chi connectivity index (χ2n) is 8.98. The molecule has 9 heteroatoms. The van der Waals surface area contributed by atoms with Crippen LogP contribution in [0.1, 0.15) is 49.0 Å².